The molecular weight excluding hydrogens is 388 g/mol. The number of nitrogens with one attached hydrogen (secondary N) is 2. The summed E-state index contributed by atoms with van der Waals surface area (Å²) in [6.45, 7) is 1.79. The van der Waals surface area contributed by atoms with Crippen LogP contribution in [-0.4, -0.2) is 35.2 Å². The molecule has 7 nitrogen and oxygen atoms in total. The van der Waals surface area contributed by atoms with Crippen LogP contribution in [0, 0.1) is 0 Å². The zero-order valence-electron chi connectivity index (χ0n) is 15.9. The highest BCUT2D eigenvalue weighted by atomic mass is 32.1. The number of aromatic amines is 1. The Bertz CT molecular complexity index is 1050. The molecule has 0 spiro atoms. The van der Waals surface area contributed by atoms with Crippen molar-refractivity contribution in [3.05, 3.63) is 56.2 Å². The number of amides is 1. The normalized spacial score (nSPS) is 16.8. The SMILES string of the molecule is O=C(NC1CCN(c2ccc(-c3noc(=O)[nH]3)cc2)CC1)c1cc2c(s1)CCC2. The van der Waals surface area contributed by atoms with Crippen LogP contribution in [0.25, 0.3) is 11.4 Å². The highest BCUT2D eigenvalue weighted by Gasteiger charge is 2.24. The van der Waals surface area contributed by atoms with Gasteiger partial charge in [0.25, 0.3) is 5.91 Å². The monoisotopic (exact) mass is 410 g/mol. The molecule has 1 fully saturated rings. The minimum absolute atomic E-state index is 0.0776. The maximum absolute atomic E-state index is 12.6. The summed E-state index contributed by atoms with van der Waals surface area (Å²) >= 11 is 1.66. The van der Waals surface area contributed by atoms with Gasteiger partial charge in [0.1, 0.15) is 0 Å². The highest BCUT2D eigenvalue weighted by Crippen LogP contribution is 2.31. The van der Waals surface area contributed by atoms with Crippen LogP contribution in [0.5, 0.6) is 0 Å². The zero-order valence-corrected chi connectivity index (χ0v) is 16.8. The summed E-state index contributed by atoms with van der Waals surface area (Å²) < 4.78 is 4.55. The number of rotatable bonds is 4. The second kappa shape index (κ2) is 7.51. The summed E-state index contributed by atoms with van der Waals surface area (Å²) in [7, 11) is 0. The van der Waals surface area contributed by atoms with Crippen molar-refractivity contribution >= 4 is 22.9 Å². The number of aryl methyl sites for hydroxylation is 2. The first-order chi connectivity index (χ1) is 14.2. The van der Waals surface area contributed by atoms with E-state index in [9.17, 15) is 9.59 Å². The number of aromatic nitrogens is 2. The van der Waals surface area contributed by atoms with E-state index in [4.69, 9.17) is 0 Å². The third kappa shape index (κ3) is 3.72. The summed E-state index contributed by atoms with van der Waals surface area (Å²) in [4.78, 5) is 30.8. The molecule has 1 aliphatic heterocycles. The van der Waals surface area contributed by atoms with E-state index in [1.54, 1.807) is 11.3 Å². The van der Waals surface area contributed by atoms with E-state index in [2.05, 4.69) is 30.9 Å². The van der Waals surface area contributed by atoms with Crippen molar-refractivity contribution in [2.45, 2.75) is 38.1 Å². The van der Waals surface area contributed by atoms with Crippen molar-refractivity contribution in [1.82, 2.24) is 15.5 Å². The third-order valence-electron chi connectivity index (χ3n) is 5.75. The maximum atomic E-state index is 12.6. The quantitative estimate of drug-likeness (QED) is 0.690. The first kappa shape index (κ1) is 18.2. The average molecular weight is 410 g/mol. The molecule has 0 unspecified atom stereocenters. The van der Waals surface area contributed by atoms with Crippen LogP contribution >= 0.6 is 11.3 Å². The molecule has 29 heavy (non-hydrogen) atoms. The predicted molar refractivity (Wildman–Crippen MR) is 112 cm³/mol. The summed E-state index contributed by atoms with van der Waals surface area (Å²) in [5.41, 5.74) is 3.30. The van der Waals surface area contributed by atoms with E-state index in [-0.39, 0.29) is 11.9 Å². The van der Waals surface area contributed by atoms with Crippen molar-refractivity contribution in [2.75, 3.05) is 18.0 Å². The number of benzene rings is 1. The molecule has 1 aliphatic carbocycles. The Balaban J connectivity index is 1.17. The predicted octanol–water partition coefficient (Wildman–Crippen LogP) is 2.98. The lowest BCUT2D eigenvalue weighted by Gasteiger charge is -2.34. The first-order valence-corrected chi connectivity index (χ1v) is 10.8. The Labute approximate surface area is 171 Å². The van der Waals surface area contributed by atoms with Gasteiger partial charge < -0.3 is 10.2 Å². The Morgan fingerprint density at radius 2 is 2.00 bits per heavy atom. The number of piperidine rings is 1. The van der Waals surface area contributed by atoms with Gasteiger partial charge in [0.05, 0.1) is 4.88 Å². The Morgan fingerprint density at radius 3 is 2.69 bits per heavy atom. The highest BCUT2D eigenvalue weighted by molar-refractivity contribution is 7.14. The molecule has 3 aromatic rings. The summed E-state index contributed by atoms with van der Waals surface area (Å²) in [5.74, 6) is -0.0447. The molecule has 150 valence electrons. The molecule has 1 saturated heterocycles. The lowest BCUT2D eigenvalue weighted by atomic mass is 10.0. The minimum atomic E-state index is -0.555. The maximum Gasteiger partial charge on any atom is 0.439 e. The van der Waals surface area contributed by atoms with Crippen molar-refractivity contribution in [3.63, 3.8) is 0 Å². The van der Waals surface area contributed by atoms with Gasteiger partial charge in [-0.05, 0) is 68.0 Å². The van der Waals surface area contributed by atoms with E-state index < -0.39 is 5.76 Å². The Kier molecular flexibility index (Phi) is 4.71. The number of H-pyrrole nitrogens is 1. The average Bonchev–Trinajstić information content (AvgIpc) is 3.45. The van der Waals surface area contributed by atoms with Crippen molar-refractivity contribution in [2.24, 2.45) is 0 Å². The molecule has 2 aromatic heterocycles. The largest absolute Gasteiger partial charge is 0.439 e. The molecule has 1 aromatic carbocycles. The van der Waals surface area contributed by atoms with Crippen LogP contribution in [0.3, 0.4) is 0 Å². The molecule has 1 amide bonds. The summed E-state index contributed by atoms with van der Waals surface area (Å²) in [6, 6.07) is 10.2. The standard InChI is InChI=1S/C21H22N4O3S/c26-20(18-12-14-2-1-3-17(14)29-18)22-15-8-10-25(11-9-15)16-6-4-13(5-7-16)19-23-21(27)28-24-19/h4-7,12,15H,1-3,8-11H2,(H,22,26)(H,23,24,27). The molecule has 3 heterocycles. The fraction of sp³-hybridized carbons (Fsp3) is 0.381. The number of hydrogen-bond acceptors (Lipinski definition) is 6. The van der Waals surface area contributed by atoms with Crippen LogP contribution in [0.4, 0.5) is 5.69 Å². The van der Waals surface area contributed by atoms with Crippen LogP contribution in [-0.2, 0) is 12.8 Å². The van der Waals surface area contributed by atoms with Gasteiger partial charge in [-0.1, -0.05) is 5.16 Å². The minimum Gasteiger partial charge on any atom is -0.371 e. The molecule has 0 bridgehead atoms. The van der Waals surface area contributed by atoms with Gasteiger partial charge in [-0.2, -0.15) is 0 Å². The van der Waals surface area contributed by atoms with Gasteiger partial charge in [0.15, 0.2) is 5.82 Å². The van der Waals surface area contributed by atoms with E-state index in [1.807, 2.05) is 24.3 Å². The van der Waals surface area contributed by atoms with E-state index >= 15 is 0 Å². The topological polar surface area (TPSA) is 91.2 Å². The van der Waals surface area contributed by atoms with Crippen LogP contribution < -0.4 is 16.0 Å². The number of hydrogen-bond donors (Lipinski definition) is 2. The summed E-state index contributed by atoms with van der Waals surface area (Å²) in [6.07, 6.45) is 5.31. The van der Waals surface area contributed by atoms with Gasteiger partial charge in [-0.15, -0.1) is 11.3 Å². The van der Waals surface area contributed by atoms with E-state index in [0.717, 1.165) is 54.9 Å². The number of fused-ring (bicyclic) bond motifs is 1. The lowest BCUT2D eigenvalue weighted by molar-refractivity contribution is 0.0935. The van der Waals surface area contributed by atoms with Crippen molar-refractivity contribution in [1.29, 1.82) is 0 Å². The van der Waals surface area contributed by atoms with Crippen molar-refractivity contribution in [3.8, 4) is 11.4 Å². The Morgan fingerprint density at radius 1 is 1.21 bits per heavy atom. The molecule has 0 atom stereocenters. The van der Waals surface area contributed by atoms with E-state index in [0.29, 0.717) is 5.82 Å². The van der Waals surface area contributed by atoms with Crippen LogP contribution in [0.1, 0.15) is 39.4 Å². The van der Waals surface area contributed by atoms with Crippen molar-refractivity contribution < 1.29 is 9.32 Å². The van der Waals surface area contributed by atoms with Gasteiger partial charge in [-0.3, -0.25) is 14.3 Å². The molecule has 2 N–H and O–H groups in total. The van der Waals surface area contributed by atoms with Crippen LogP contribution in [0.15, 0.2) is 39.6 Å². The number of carbonyl (C=O) groups is 1. The zero-order chi connectivity index (χ0) is 19.8. The lowest BCUT2D eigenvalue weighted by Crippen LogP contribution is -2.44. The number of thiophene rings is 1. The third-order valence-corrected chi connectivity index (χ3v) is 6.98. The van der Waals surface area contributed by atoms with Crippen LogP contribution in [0.2, 0.25) is 0 Å². The molecule has 5 rings (SSSR count). The second-order valence-electron chi connectivity index (χ2n) is 7.64. The van der Waals surface area contributed by atoms with Gasteiger partial charge in [0.2, 0.25) is 0 Å². The fourth-order valence-electron chi connectivity index (χ4n) is 4.16. The first-order valence-electron chi connectivity index (χ1n) is 9.99. The van der Waals surface area contributed by atoms with E-state index in [1.165, 1.54) is 16.9 Å². The molecule has 0 radical (unpaired) electrons. The summed E-state index contributed by atoms with van der Waals surface area (Å²) in [5, 5.41) is 6.93. The second-order valence-corrected chi connectivity index (χ2v) is 8.77. The molecule has 0 saturated carbocycles. The number of carbonyl (C=O) groups excluding carboxylic acids is 1. The molecule has 2 aliphatic rings. The fourth-order valence-corrected chi connectivity index (χ4v) is 5.32. The smallest absolute Gasteiger partial charge is 0.371 e. The molecule has 8 heteroatoms. The molecular formula is C21H22N4O3S. The van der Waals surface area contributed by atoms with Gasteiger partial charge in [-0.25, -0.2) is 4.79 Å². The van der Waals surface area contributed by atoms with Gasteiger partial charge >= 0.3 is 5.76 Å². The van der Waals surface area contributed by atoms with Gasteiger partial charge in [0, 0.05) is 35.3 Å². The number of nitrogens with zero attached hydrogens (tertiary/aromatic N) is 2. The number of anilines is 1. The Hall–Kier alpha value is -2.87.